The first kappa shape index (κ1) is 46.3. The molecule has 0 aliphatic rings. The molecular weight excluding hydrogens is 1030 g/mol. The van der Waals surface area contributed by atoms with Gasteiger partial charge in [0.25, 0.3) is 0 Å². The van der Waals surface area contributed by atoms with E-state index in [1.165, 1.54) is 70.7 Å². The maximum absolute atomic E-state index is 6.58. The van der Waals surface area contributed by atoms with E-state index in [2.05, 4.69) is 273 Å². The topological polar surface area (TPSA) is 71.8 Å². The molecule has 8 aromatic heterocycles. The zero-order valence-corrected chi connectivity index (χ0v) is 45.1. The number of benzene rings is 11. The molecule has 0 aliphatic carbocycles. The molecule has 0 amide bonds. The Balaban J connectivity index is 0.000000129. The van der Waals surface area contributed by atoms with Gasteiger partial charge in [-0.1, -0.05) is 164 Å². The SMILES string of the molecule is c1ccc(-c2ccc3oc4ncc(-n5c6ccccc6c6cc(-n7c8ccccc8c8ccccc87)ccc65)cc4c3c2)cc1.c1ccc2c(c1)c1ccccc1n2-c1ccc2oc3c(-n4c5ccccc5c5ccccc54)cncc3c2c1. The van der Waals surface area contributed by atoms with Crippen molar-refractivity contribution in [2.45, 2.75) is 0 Å². The molecule has 19 rings (SSSR count). The van der Waals surface area contributed by atoms with Crippen LogP contribution >= 0.6 is 0 Å². The molecule has 8 nitrogen and oxygen atoms in total. The van der Waals surface area contributed by atoms with Crippen molar-refractivity contribution >= 4 is 131 Å². The predicted octanol–water partition coefficient (Wildman–Crippen LogP) is 20.0. The molecule has 0 fully saturated rings. The van der Waals surface area contributed by atoms with Gasteiger partial charge in [0, 0.05) is 76.8 Å². The number of fused-ring (bicyclic) bond motifs is 18. The molecule has 84 heavy (non-hydrogen) atoms. The van der Waals surface area contributed by atoms with E-state index in [-0.39, 0.29) is 0 Å². The highest BCUT2D eigenvalue weighted by atomic mass is 16.3. The summed E-state index contributed by atoms with van der Waals surface area (Å²) in [6.07, 6.45) is 5.77. The number of para-hydroxylation sites is 7. The van der Waals surface area contributed by atoms with E-state index in [4.69, 9.17) is 18.8 Å². The lowest BCUT2D eigenvalue weighted by Gasteiger charge is -2.10. The molecule has 11 aromatic carbocycles. The number of rotatable bonds is 5. The molecule has 0 spiro atoms. The summed E-state index contributed by atoms with van der Waals surface area (Å²) >= 11 is 0. The van der Waals surface area contributed by atoms with Crippen molar-refractivity contribution < 1.29 is 8.83 Å². The molecule has 8 heteroatoms. The highest BCUT2D eigenvalue weighted by Gasteiger charge is 2.22. The van der Waals surface area contributed by atoms with Crippen LogP contribution in [0.2, 0.25) is 0 Å². The van der Waals surface area contributed by atoms with Gasteiger partial charge in [-0.25, -0.2) is 4.98 Å². The smallest absolute Gasteiger partial charge is 0.227 e. The molecule has 0 saturated heterocycles. The second-order valence-corrected chi connectivity index (χ2v) is 21.7. The first-order valence-electron chi connectivity index (χ1n) is 28.4. The molecule has 0 saturated carbocycles. The molecule has 0 N–H and O–H groups in total. The van der Waals surface area contributed by atoms with Gasteiger partial charge in [0.2, 0.25) is 5.71 Å². The summed E-state index contributed by atoms with van der Waals surface area (Å²) in [5, 5.41) is 14.0. The van der Waals surface area contributed by atoms with Gasteiger partial charge >= 0.3 is 0 Å². The third kappa shape index (κ3) is 6.82. The standard InChI is InChI=1S/C41H25N3O.C35H21N3O/c1-2-10-26(11-3-1)27-18-21-40-34(22-27)35-24-29(25-42-41(35)45-40)44-38-17-9-6-14-32(38)33-23-28(19-20-39(33)44)43-36-15-7-4-12-30(36)31-13-5-8-16-37(31)43;1-5-13-29-23(9-1)24-10-2-6-14-30(24)37(29)22-17-18-34-27(19-22)28-20-36-21-33(35(28)39-34)38-31-15-7-3-11-25(31)26-12-4-8-16-32(26)38/h1-25H;1-21H. The largest absolute Gasteiger partial charge is 0.454 e. The van der Waals surface area contributed by atoms with Crippen molar-refractivity contribution in [3.63, 3.8) is 0 Å². The Bertz CT molecular complexity index is 5730. The number of aromatic nitrogens is 6. The highest BCUT2D eigenvalue weighted by Crippen LogP contribution is 2.42. The van der Waals surface area contributed by atoms with Gasteiger partial charge in [-0.2, -0.15) is 0 Å². The Hall–Kier alpha value is -11.5. The van der Waals surface area contributed by atoms with E-state index < -0.39 is 0 Å². The van der Waals surface area contributed by atoms with Crippen molar-refractivity contribution in [1.29, 1.82) is 0 Å². The average Bonchev–Trinajstić information content (AvgIpc) is 4.02. The fourth-order valence-corrected chi connectivity index (χ4v) is 13.5. The van der Waals surface area contributed by atoms with Gasteiger partial charge in [-0.05, 0) is 108 Å². The maximum atomic E-state index is 6.58. The molecule has 392 valence electrons. The van der Waals surface area contributed by atoms with Crippen LogP contribution in [0, 0.1) is 0 Å². The lowest BCUT2D eigenvalue weighted by Crippen LogP contribution is -1.96. The summed E-state index contributed by atoms with van der Waals surface area (Å²) in [6.45, 7) is 0. The number of furan rings is 2. The number of hydrogen-bond donors (Lipinski definition) is 0. The molecule has 19 aromatic rings. The normalized spacial score (nSPS) is 12.0. The van der Waals surface area contributed by atoms with Crippen molar-refractivity contribution in [2.75, 3.05) is 0 Å². The summed E-state index contributed by atoms with van der Waals surface area (Å²) < 4.78 is 22.1. The predicted molar refractivity (Wildman–Crippen MR) is 346 cm³/mol. The third-order valence-electron chi connectivity index (χ3n) is 17.2. The van der Waals surface area contributed by atoms with E-state index in [0.717, 1.165) is 88.7 Å². The van der Waals surface area contributed by atoms with Crippen LogP contribution in [0.1, 0.15) is 0 Å². The Morgan fingerprint density at radius 2 is 0.655 bits per heavy atom. The van der Waals surface area contributed by atoms with Gasteiger partial charge in [0.1, 0.15) is 16.9 Å². The molecule has 8 heterocycles. The Kier molecular flexibility index (Phi) is 9.93. The highest BCUT2D eigenvalue weighted by molar-refractivity contribution is 6.16. The monoisotopic (exact) mass is 1070 g/mol. The minimum Gasteiger partial charge on any atom is -0.454 e. The van der Waals surface area contributed by atoms with E-state index in [9.17, 15) is 0 Å². The van der Waals surface area contributed by atoms with Crippen LogP contribution in [-0.4, -0.2) is 28.2 Å². The Morgan fingerprint density at radius 3 is 1.20 bits per heavy atom. The van der Waals surface area contributed by atoms with Crippen LogP contribution < -0.4 is 0 Å². The summed E-state index contributed by atoms with van der Waals surface area (Å²) in [5.41, 5.74) is 19.1. The van der Waals surface area contributed by atoms with Gasteiger partial charge in [0.15, 0.2) is 5.58 Å². The Morgan fingerprint density at radius 1 is 0.250 bits per heavy atom. The van der Waals surface area contributed by atoms with Crippen LogP contribution in [0.3, 0.4) is 0 Å². The maximum Gasteiger partial charge on any atom is 0.227 e. The fraction of sp³-hybridized carbons (Fsp3) is 0. The molecular formula is C76H46N6O2. The lowest BCUT2D eigenvalue weighted by molar-refractivity contribution is 0.654. The molecule has 0 unspecified atom stereocenters. The second-order valence-electron chi connectivity index (χ2n) is 21.7. The minimum atomic E-state index is 0.647. The minimum absolute atomic E-state index is 0.647. The van der Waals surface area contributed by atoms with Crippen molar-refractivity contribution in [2.24, 2.45) is 0 Å². The van der Waals surface area contributed by atoms with E-state index in [0.29, 0.717) is 5.71 Å². The molecule has 0 atom stereocenters. The zero-order chi connectivity index (χ0) is 55.0. The van der Waals surface area contributed by atoms with Crippen LogP contribution in [0.15, 0.2) is 288 Å². The van der Waals surface area contributed by atoms with E-state index in [1.807, 2.05) is 24.7 Å². The summed E-state index contributed by atoms with van der Waals surface area (Å²) in [6, 6.07) is 92.5. The van der Waals surface area contributed by atoms with Gasteiger partial charge < -0.3 is 27.1 Å². The van der Waals surface area contributed by atoms with Gasteiger partial charge in [-0.15, -0.1) is 0 Å². The van der Waals surface area contributed by atoms with Gasteiger partial charge in [0.05, 0.1) is 67.6 Å². The molecule has 0 radical (unpaired) electrons. The van der Waals surface area contributed by atoms with Crippen LogP contribution in [0.5, 0.6) is 0 Å². The Labute approximate surface area is 479 Å². The molecule has 0 bridgehead atoms. The summed E-state index contributed by atoms with van der Waals surface area (Å²) in [7, 11) is 0. The van der Waals surface area contributed by atoms with E-state index >= 15 is 0 Å². The average molecular weight is 1080 g/mol. The molecule has 0 aliphatic heterocycles. The third-order valence-corrected chi connectivity index (χ3v) is 17.2. The lowest BCUT2D eigenvalue weighted by atomic mass is 10.0. The van der Waals surface area contributed by atoms with Crippen molar-refractivity contribution in [3.05, 3.63) is 279 Å². The summed E-state index contributed by atoms with van der Waals surface area (Å²) in [4.78, 5) is 9.53. The first-order chi connectivity index (χ1) is 41.7. The fourth-order valence-electron chi connectivity index (χ4n) is 13.5. The van der Waals surface area contributed by atoms with Crippen LogP contribution in [-0.2, 0) is 0 Å². The van der Waals surface area contributed by atoms with Gasteiger partial charge in [-0.3, -0.25) is 4.98 Å². The van der Waals surface area contributed by atoms with Crippen molar-refractivity contribution in [1.82, 2.24) is 28.2 Å². The first-order valence-corrected chi connectivity index (χ1v) is 28.4. The summed E-state index contributed by atoms with van der Waals surface area (Å²) in [5.74, 6) is 0. The quantitative estimate of drug-likeness (QED) is 0.172. The number of nitrogens with zero attached hydrogens (tertiary/aromatic N) is 6. The number of pyridine rings is 2. The van der Waals surface area contributed by atoms with E-state index in [1.54, 1.807) is 0 Å². The van der Waals surface area contributed by atoms with Crippen LogP contribution in [0.25, 0.3) is 165 Å². The zero-order valence-electron chi connectivity index (χ0n) is 45.1. The van der Waals surface area contributed by atoms with Crippen molar-refractivity contribution in [3.8, 4) is 33.9 Å². The number of hydrogen-bond acceptors (Lipinski definition) is 4. The second kappa shape index (κ2) is 18.0. The van der Waals surface area contributed by atoms with Crippen LogP contribution in [0.4, 0.5) is 0 Å².